The lowest BCUT2D eigenvalue weighted by Crippen LogP contribution is -2.20. The lowest BCUT2D eigenvalue weighted by Gasteiger charge is -2.16. The van der Waals surface area contributed by atoms with E-state index in [0.717, 1.165) is 0 Å². The molecule has 0 bridgehead atoms. The van der Waals surface area contributed by atoms with E-state index < -0.39 is 0 Å². The molecular formula is C14H29N. The van der Waals surface area contributed by atoms with Crippen molar-refractivity contribution in [2.24, 2.45) is 0 Å². The van der Waals surface area contributed by atoms with Crippen molar-refractivity contribution in [3.05, 3.63) is 0 Å². The van der Waals surface area contributed by atoms with E-state index in [4.69, 9.17) is 0 Å². The average molecular weight is 211 g/mol. The van der Waals surface area contributed by atoms with E-state index in [0.29, 0.717) is 0 Å². The molecule has 1 rings (SSSR count). The van der Waals surface area contributed by atoms with E-state index in [1.165, 1.54) is 83.7 Å². The molecule has 0 amide bonds. The van der Waals surface area contributed by atoms with Gasteiger partial charge < -0.3 is 4.90 Å². The van der Waals surface area contributed by atoms with Crippen LogP contribution in [0.15, 0.2) is 0 Å². The Hall–Kier alpha value is -0.0400. The molecule has 0 aliphatic carbocycles. The standard InChI is InChI=1S/C14H29N/c1-15-13-11-9-7-5-3-2-4-6-8-10-12-14-15/h2-14H2,1H3. The average Bonchev–Trinajstić information content (AvgIpc) is 2.24. The van der Waals surface area contributed by atoms with Crippen LogP contribution in [0.2, 0.25) is 0 Å². The van der Waals surface area contributed by atoms with Crippen LogP contribution in [0, 0.1) is 0 Å². The monoisotopic (exact) mass is 211 g/mol. The summed E-state index contributed by atoms with van der Waals surface area (Å²) in [5, 5.41) is 0. The van der Waals surface area contributed by atoms with Crippen molar-refractivity contribution in [1.29, 1.82) is 0 Å². The molecule has 1 aliphatic heterocycles. The van der Waals surface area contributed by atoms with Crippen molar-refractivity contribution in [1.82, 2.24) is 4.90 Å². The second-order valence-electron chi connectivity index (χ2n) is 5.19. The zero-order valence-corrected chi connectivity index (χ0v) is 10.6. The summed E-state index contributed by atoms with van der Waals surface area (Å²) in [4.78, 5) is 2.52. The highest BCUT2D eigenvalue weighted by Crippen LogP contribution is 2.12. The summed E-state index contributed by atoms with van der Waals surface area (Å²) in [6.45, 7) is 2.64. The van der Waals surface area contributed by atoms with Crippen LogP contribution < -0.4 is 0 Å². The van der Waals surface area contributed by atoms with E-state index >= 15 is 0 Å². The van der Waals surface area contributed by atoms with Gasteiger partial charge in [0.2, 0.25) is 0 Å². The van der Waals surface area contributed by atoms with Crippen LogP contribution in [-0.4, -0.2) is 25.0 Å². The highest BCUT2D eigenvalue weighted by molar-refractivity contribution is 4.55. The maximum Gasteiger partial charge on any atom is -0.00218 e. The maximum atomic E-state index is 2.52. The van der Waals surface area contributed by atoms with Crippen molar-refractivity contribution < 1.29 is 0 Å². The van der Waals surface area contributed by atoms with Gasteiger partial charge in [-0.05, 0) is 33.0 Å². The van der Waals surface area contributed by atoms with Crippen LogP contribution >= 0.6 is 0 Å². The molecule has 1 nitrogen and oxygen atoms in total. The fourth-order valence-electron chi connectivity index (χ4n) is 2.47. The van der Waals surface area contributed by atoms with E-state index in [2.05, 4.69) is 11.9 Å². The van der Waals surface area contributed by atoms with Crippen molar-refractivity contribution in [2.45, 2.75) is 70.6 Å². The minimum absolute atomic E-state index is 1.32. The Balaban J connectivity index is 2.10. The highest BCUT2D eigenvalue weighted by atomic mass is 15.1. The number of rotatable bonds is 0. The van der Waals surface area contributed by atoms with E-state index in [9.17, 15) is 0 Å². The molecule has 0 N–H and O–H groups in total. The van der Waals surface area contributed by atoms with Gasteiger partial charge in [0.1, 0.15) is 0 Å². The molecule has 15 heavy (non-hydrogen) atoms. The number of nitrogens with zero attached hydrogens (tertiary/aromatic N) is 1. The molecule has 0 radical (unpaired) electrons. The molecule has 1 saturated heterocycles. The molecule has 0 atom stereocenters. The first-order valence-electron chi connectivity index (χ1n) is 7.08. The topological polar surface area (TPSA) is 3.24 Å². The summed E-state index contributed by atoms with van der Waals surface area (Å²) in [6, 6.07) is 0. The van der Waals surface area contributed by atoms with Gasteiger partial charge in [0.05, 0.1) is 0 Å². The first-order chi connectivity index (χ1) is 7.39. The van der Waals surface area contributed by atoms with Crippen LogP contribution in [0.1, 0.15) is 70.6 Å². The minimum atomic E-state index is 1.32. The van der Waals surface area contributed by atoms with Crippen molar-refractivity contribution >= 4 is 0 Å². The Morgan fingerprint density at radius 1 is 0.467 bits per heavy atom. The maximum absolute atomic E-state index is 2.52. The predicted molar refractivity (Wildman–Crippen MR) is 68.3 cm³/mol. The largest absolute Gasteiger partial charge is 0.306 e. The Morgan fingerprint density at radius 3 is 1.07 bits per heavy atom. The fourth-order valence-corrected chi connectivity index (χ4v) is 2.47. The third-order valence-corrected chi connectivity index (χ3v) is 3.58. The number of hydrogen-bond acceptors (Lipinski definition) is 1. The minimum Gasteiger partial charge on any atom is -0.306 e. The quantitative estimate of drug-likeness (QED) is 0.580. The summed E-state index contributed by atoms with van der Waals surface area (Å²) in [7, 11) is 2.28. The van der Waals surface area contributed by atoms with Gasteiger partial charge in [0.25, 0.3) is 0 Å². The second kappa shape index (κ2) is 9.21. The van der Waals surface area contributed by atoms with Crippen LogP contribution in [0.4, 0.5) is 0 Å². The van der Waals surface area contributed by atoms with Crippen LogP contribution in [0.25, 0.3) is 0 Å². The third kappa shape index (κ3) is 7.84. The molecule has 1 fully saturated rings. The van der Waals surface area contributed by atoms with Gasteiger partial charge in [-0.2, -0.15) is 0 Å². The zero-order chi connectivity index (χ0) is 10.8. The lowest BCUT2D eigenvalue weighted by molar-refractivity contribution is 0.312. The summed E-state index contributed by atoms with van der Waals surface area (Å²) >= 11 is 0. The molecule has 90 valence electrons. The van der Waals surface area contributed by atoms with Crippen molar-refractivity contribution in [2.75, 3.05) is 20.1 Å². The van der Waals surface area contributed by atoms with Gasteiger partial charge in [-0.3, -0.25) is 0 Å². The van der Waals surface area contributed by atoms with Gasteiger partial charge in [-0.1, -0.05) is 57.8 Å². The second-order valence-corrected chi connectivity index (χ2v) is 5.19. The molecule has 1 heteroatoms. The van der Waals surface area contributed by atoms with Gasteiger partial charge in [0.15, 0.2) is 0 Å². The predicted octanol–water partition coefficient (Wildman–Crippen LogP) is 4.22. The Bertz CT molecular complexity index is 119. The van der Waals surface area contributed by atoms with Crippen molar-refractivity contribution in [3.63, 3.8) is 0 Å². The SMILES string of the molecule is CN1CCCCCCCCCCCCC1. The van der Waals surface area contributed by atoms with E-state index in [-0.39, 0.29) is 0 Å². The zero-order valence-electron chi connectivity index (χ0n) is 10.6. The summed E-state index contributed by atoms with van der Waals surface area (Å²) < 4.78 is 0. The van der Waals surface area contributed by atoms with Gasteiger partial charge in [0, 0.05) is 0 Å². The Morgan fingerprint density at radius 2 is 0.733 bits per heavy atom. The molecular weight excluding hydrogens is 182 g/mol. The molecule has 0 aromatic carbocycles. The van der Waals surface area contributed by atoms with Gasteiger partial charge in [-0.15, -0.1) is 0 Å². The first kappa shape index (κ1) is 13.0. The molecule has 0 aromatic heterocycles. The summed E-state index contributed by atoms with van der Waals surface area (Å²) in [5.41, 5.74) is 0. The van der Waals surface area contributed by atoms with Crippen LogP contribution in [-0.2, 0) is 0 Å². The van der Waals surface area contributed by atoms with E-state index in [1.807, 2.05) is 0 Å². The van der Waals surface area contributed by atoms with E-state index in [1.54, 1.807) is 0 Å². The molecule has 1 heterocycles. The molecule has 0 unspecified atom stereocenters. The smallest absolute Gasteiger partial charge is 0.00218 e. The van der Waals surface area contributed by atoms with Crippen LogP contribution in [0.3, 0.4) is 0 Å². The summed E-state index contributed by atoms with van der Waals surface area (Å²) in [5.74, 6) is 0. The van der Waals surface area contributed by atoms with Gasteiger partial charge >= 0.3 is 0 Å². The Labute approximate surface area is 96.2 Å². The first-order valence-corrected chi connectivity index (χ1v) is 7.08. The Kier molecular flexibility index (Phi) is 7.99. The molecule has 0 saturated carbocycles. The summed E-state index contributed by atoms with van der Waals surface area (Å²) in [6.07, 6.45) is 16.1. The number of hydrogen-bond donors (Lipinski definition) is 0. The van der Waals surface area contributed by atoms with Gasteiger partial charge in [-0.25, -0.2) is 0 Å². The molecule has 0 spiro atoms. The lowest BCUT2D eigenvalue weighted by atomic mass is 10.0. The molecule has 0 aromatic rings. The van der Waals surface area contributed by atoms with Crippen LogP contribution in [0.5, 0.6) is 0 Å². The highest BCUT2D eigenvalue weighted by Gasteiger charge is 2.00. The van der Waals surface area contributed by atoms with Crippen molar-refractivity contribution in [3.8, 4) is 0 Å². The fraction of sp³-hybridized carbons (Fsp3) is 1.00. The molecule has 1 aliphatic rings. The third-order valence-electron chi connectivity index (χ3n) is 3.58. The normalized spacial score (nSPS) is 24.6.